The van der Waals surface area contributed by atoms with Crippen molar-refractivity contribution >= 4 is 17.4 Å². The Hall–Kier alpha value is -2.43. The largest absolute Gasteiger partial charge is 0.382 e. The van der Waals surface area contributed by atoms with Crippen molar-refractivity contribution in [3.05, 3.63) is 47.9 Å². The number of para-hydroxylation sites is 1. The van der Waals surface area contributed by atoms with Gasteiger partial charge < -0.3 is 11.1 Å². The van der Waals surface area contributed by atoms with Crippen molar-refractivity contribution in [1.29, 1.82) is 0 Å². The normalized spacial score (nSPS) is 10.1. The molecule has 0 aliphatic heterocycles. The average Bonchev–Trinajstić information content (AvgIpc) is 2.40. The van der Waals surface area contributed by atoms with Crippen LogP contribution in [0.4, 0.5) is 11.5 Å². The van der Waals surface area contributed by atoms with Crippen molar-refractivity contribution < 1.29 is 4.79 Å². The van der Waals surface area contributed by atoms with Gasteiger partial charge in [0.25, 0.3) is 5.91 Å². The molecule has 2 aromatic rings. The number of nitrogens with two attached hydrogens (primary N) is 1. The third-order valence-electron chi connectivity index (χ3n) is 2.55. The second kappa shape index (κ2) is 5.27. The van der Waals surface area contributed by atoms with Crippen molar-refractivity contribution in [2.24, 2.45) is 0 Å². The predicted molar refractivity (Wildman–Crippen MR) is 70.2 cm³/mol. The highest BCUT2D eigenvalue weighted by Crippen LogP contribution is 2.16. The zero-order chi connectivity index (χ0) is 13.0. The van der Waals surface area contributed by atoms with Gasteiger partial charge in [0, 0.05) is 5.69 Å². The molecule has 18 heavy (non-hydrogen) atoms. The molecule has 0 fully saturated rings. The number of nitrogens with zero attached hydrogens (tertiary/aromatic N) is 2. The first-order valence-electron chi connectivity index (χ1n) is 5.67. The van der Waals surface area contributed by atoms with Gasteiger partial charge in [0.15, 0.2) is 0 Å². The van der Waals surface area contributed by atoms with Crippen LogP contribution >= 0.6 is 0 Å². The highest BCUT2D eigenvalue weighted by Gasteiger charge is 2.09. The third kappa shape index (κ3) is 2.63. The summed E-state index contributed by atoms with van der Waals surface area (Å²) >= 11 is 0. The SMILES string of the molecule is CCc1ccccc1NC(=O)c1cnc(N)cn1. The van der Waals surface area contributed by atoms with Crippen LogP contribution in [0.2, 0.25) is 0 Å². The number of carbonyl (C=O) groups is 1. The summed E-state index contributed by atoms with van der Waals surface area (Å²) in [5.74, 6) is 0.00362. The quantitative estimate of drug-likeness (QED) is 0.861. The Bertz CT molecular complexity index is 551. The second-order valence-corrected chi connectivity index (χ2v) is 3.79. The number of amides is 1. The summed E-state index contributed by atoms with van der Waals surface area (Å²) in [6.45, 7) is 2.04. The fraction of sp³-hybridized carbons (Fsp3) is 0.154. The predicted octanol–water partition coefficient (Wildman–Crippen LogP) is 1.87. The van der Waals surface area contributed by atoms with Crippen LogP contribution in [0.1, 0.15) is 23.0 Å². The Morgan fingerprint density at radius 3 is 2.72 bits per heavy atom. The summed E-state index contributed by atoms with van der Waals surface area (Å²) in [4.78, 5) is 19.7. The molecule has 1 aromatic heterocycles. The van der Waals surface area contributed by atoms with Gasteiger partial charge >= 0.3 is 0 Å². The van der Waals surface area contributed by atoms with Crippen LogP contribution in [0, 0.1) is 0 Å². The molecule has 5 heteroatoms. The maximum atomic E-state index is 11.9. The molecule has 0 aliphatic rings. The van der Waals surface area contributed by atoms with Gasteiger partial charge in [0.1, 0.15) is 11.5 Å². The maximum Gasteiger partial charge on any atom is 0.275 e. The lowest BCUT2D eigenvalue weighted by Gasteiger charge is -2.08. The lowest BCUT2D eigenvalue weighted by molar-refractivity contribution is 0.102. The number of carbonyl (C=O) groups excluding carboxylic acids is 1. The number of aryl methyl sites for hydroxylation is 1. The first-order valence-corrected chi connectivity index (χ1v) is 5.67. The van der Waals surface area contributed by atoms with Crippen LogP contribution < -0.4 is 11.1 Å². The molecule has 5 nitrogen and oxygen atoms in total. The molecule has 1 aromatic carbocycles. The van der Waals surface area contributed by atoms with Crippen molar-refractivity contribution in [3.63, 3.8) is 0 Å². The Morgan fingerprint density at radius 1 is 1.28 bits per heavy atom. The number of nitrogen functional groups attached to an aromatic ring is 1. The molecule has 0 bridgehead atoms. The van der Waals surface area contributed by atoms with E-state index in [0.717, 1.165) is 17.7 Å². The van der Waals surface area contributed by atoms with Crippen LogP contribution in [0.3, 0.4) is 0 Å². The molecular formula is C13H14N4O. The molecule has 0 aliphatic carbocycles. The smallest absolute Gasteiger partial charge is 0.275 e. The summed E-state index contributed by atoms with van der Waals surface area (Å²) < 4.78 is 0. The van der Waals surface area contributed by atoms with E-state index in [1.54, 1.807) is 0 Å². The van der Waals surface area contributed by atoms with Gasteiger partial charge in [-0.05, 0) is 18.1 Å². The van der Waals surface area contributed by atoms with Gasteiger partial charge in [-0.3, -0.25) is 4.79 Å². The standard InChI is InChI=1S/C13H14N4O/c1-2-9-5-3-4-6-10(9)17-13(18)11-7-16-12(14)8-15-11/h3-8H,2H2,1H3,(H2,14,16)(H,17,18). The zero-order valence-corrected chi connectivity index (χ0v) is 10.1. The maximum absolute atomic E-state index is 11.9. The van der Waals surface area contributed by atoms with E-state index in [0.29, 0.717) is 5.82 Å². The number of rotatable bonds is 3. The van der Waals surface area contributed by atoms with Gasteiger partial charge in [-0.25, -0.2) is 9.97 Å². The number of anilines is 2. The highest BCUT2D eigenvalue weighted by molar-refractivity contribution is 6.03. The van der Waals surface area contributed by atoms with Crippen molar-refractivity contribution in [2.45, 2.75) is 13.3 Å². The summed E-state index contributed by atoms with van der Waals surface area (Å²) in [6, 6.07) is 7.66. The Balaban J connectivity index is 2.18. The van der Waals surface area contributed by atoms with E-state index in [2.05, 4.69) is 15.3 Å². The second-order valence-electron chi connectivity index (χ2n) is 3.79. The fourth-order valence-corrected chi connectivity index (χ4v) is 1.59. The van der Waals surface area contributed by atoms with E-state index in [-0.39, 0.29) is 11.6 Å². The van der Waals surface area contributed by atoms with Gasteiger partial charge in [0.05, 0.1) is 12.4 Å². The summed E-state index contributed by atoms with van der Waals surface area (Å²) in [6.07, 6.45) is 3.57. The highest BCUT2D eigenvalue weighted by atomic mass is 16.1. The van der Waals surface area contributed by atoms with Crippen molar-refractivity contribution in [2.75, 3.05) is 11.1 Å². The third-order valence-corrected chi connectivity index (χ3v) is 2.55. The first kappa shape index (κ1) is 12.0. The monoisotopic (exact) mass is 242 g/mol. The number of aromatic nitrogens is 2. The molecule has 1 amide bonds. The number of nitrogens with one attached hydrogen (secondary N) is 1. The van der Waals surface area contributed by atoms with E-state index in [1.807, 2.05) is 31.2 Å². The molecule has 3 N–H and O–H groups in total. The molecule has 0 saturated carbocycles. The molecular weight excluding hydrogens is 228 g/mol. The van der Waals surface area contributed by atoms with E-state index in [4.69, 9.17) is 5.73 Å². The summed E-state index contributed by atoms with van der Waals surface area (Å²) in [7, 11) is 0. The van der Waals surface area contributed by atoms with E-state index >= 15 is 0 Å². The lowest BCUT2D eigenvalue weighted by atomic mass is 10.1. The van der Waals surface area contributed by atoms with Crippen molar-refractivity contribution in [3.8, 4) is 0 Å². The summed E-state index contributed by atoms with van der Waals surface area (Å²) in [5, 5.41) is 2.81. The van der Waals surface area contributed by atoms with Gasteiger partial charge in [-0.1, -0.05) is 25.1 Å². The Morgan fingerprint density at radius 2 is 2.06 bits per heavy atom. The van der Waals surface area contributed by atoms with E-state index in [9.17, 15) is 4.79 Å². The molecule has 2 rings (SSSR count). The molecule has 0 unspecified atom stereocenters. The number of benzene rings is 1. The van der Waals surface area contributed by atoms with Crippen LogP contribution in [-0.2, 0) is 6.42 Å². The summed E-state index contributed by atoms with van der Waals surface area (Å²) in [5.41, 5.74) is 7.54. The number of hydrogen-bond acceptors (Lipinski definition) is 4. The number of hydrogen-bond donors (Lipinski definition) is 2. The van der Waals surface area contributed by atoms with Gasteiger partial charge in [-0.2, -0.15) is 0 Å². The minimum Gasteiger partial charge on any atom is -0.382 e. The van der Waals surface area contributed by atoms with Gasteiger partial charge in [-0.15, -0.1) is 0 Å². The lowest BCUT2D eigenvalue weighted by Crippen LogP contribution is -2.15. The van der Waals surface area contributed by atoms with E-state index < -0.39 is 0 Å². The Labute approximate surface area is 105 Å². The van der Waals surface area contributed by atoms with E-state index in [1.165, 1.54) is 12.4 Å². The van der Waals surface area contributed by atoms with Crippen LogP contribution in [0.15, 0.2) is 36.7 Å². The van der Waals surface area contributed by atoms with Crippen molar-refractivity contribution in [1.82, 2.24) is 9.97 Å². The minimum absolute atomic E-state index is 0.245. The molecule has 92 valence electrons. The minimum atomic E-state index is -0.289. The van der Waals surface area contributed by atoms with Gasteiger partial charge in [0.2, 0.25) is 0 Å². The van der Waals surface area contributed by atoms with Crippen LogP contribution in [0.25, 0.3) is 0 Å². The zero-order valence-electron chi connectivity index (χ0n) is 10.1. The molecule has 1 heterocycles. The molecule has 0 radical (unpaired) electrons. The average molecular weight is 242 g/mol. The van der Waals surface area contributed by atoms with Crippen LogP contribution in [0.5, 0.6) is 0 Å². The van der Waals surface area contributed by atoms with Crippen LogP contribution in [-0.4, -0.2) is 15.9 Å². The fourth-order valence-electron chi connectivity index (χ4n) is 1.59. The first-order chi connectivity index (χ1) is 8.70. The molecule has 0 saturated heterocycles. The molecule has 0 atom stereocenters. The topological polar surface area (TPSA) is 80.9 Å². The Kier molecular flexibility index (Phi) is 3.52. The molecule has 0 spiro atoms.